The van der Waals surface area contributed by atoms with Crippen molar-refractivity contribution in [3.63, 3.8) is 0 Å². The number of anilines is 1. The first-order chi connectivity index (χ1) is 10.1. The number of aliphatic carboxylic acids is 1. The molecular weight excluding hydrogens is 264 g/mol. The molecule has 0 aliphatic carbocycles. The van der Waals surface area contributed by atoms with Gasteiger partial charge in [0.2, 0.25) is 0 Å². The molecule has 0 amide bonds. The van der Waals surface area contributed by atoms with Gasteiger partial charge < -0.3 is 10.0 Å². The molecule has 0 radical (unpaired) electrons. The van der Waals surface area contributed by atoms with Crippen molar-refractivity contribution in [3.8, 4) is 0 Å². The molecule has 21 heavy (non-hydrogen) atoms. The van der Waals surface area contributed by atoms with Crippen molar-refractivity contribution < 1.29 is 9.90 Å². The fourth-order valence-electron chi connectivity index (χ4n) is 3.20. The van der Waals surface area contributed by atoms with Crippen molar-refractivity contribution in [1.29, 1.82) is 0 Å². The van der Waals surface area contributed by atoms with Crippen LogP contribution in [0, 0.1) is 12.3 Å². The van der Waals surface area contributed by atoms with E-state index in [0.717, 1.165) is 28.8 Å². The van der Waals surface area contributed by atoms with Crippen LogP contribution in [0.5, 0.6) is 0 Å². The molecule has 1 fully saturated rings. The van der Waals surface area contributed by atoms with Crippen LogP contribution in [0.1, 0.15) is 25.3 Å². The van der Waals surface area contributed by atoms with Gasteiger partial charge in [-0.15, -0.1) is 0 Å². The normalized spacial score (nSPS) is 21.9. The van der Waals surface area contributed by atoms with Crippen LogP contribution in [0.15, 0.2) is 30.3 Å². The predicted molar refractivity (Wildman–Crippen MR) is 83.7 cm³/mol. The maximum atomic E-state index is 11.6. The number of carbonyl (C=O) groups is 1. The molecule has 4 heteroatoms. The quantitative estimate of drug-likeness (QED) is 0.940. The largest absolute Gasteiger partial charge is 0.481 e. The van der Waals surface area contributed by atoms with E-state index in [1.165, 1.54) is 0 Å². The summed E-state index contributed by atoms with van der Waals surface area (Å²) in [5.41, 5.74) is 1.44. The third-order valence-corrected chi connectivity index (χ3v) is 4.67. The lowest BCUT2D eigenvalue weighted by Crippen LogP contribution is -2.34. The number of aryl methyl sites for hydroxylation is 1. The first-order valence-corrected chi connectivity index (χ1v) is 7.40. The van der Waals surface area contributed by atoms with Gasteiger partial charge in [0.15, 0.2) is 0 Å². The van der Waals surface area contributed by atoms with Crippen molar-refractivity contribution >= 4 is 22.7 Å². The molecule has 0 spiro atoms. The SMILES string of the molecule is CCC1(C(=O)O)CCN(c2nc3ccccc3cc2C)C1. The average molecular weight is 284 g/mol. The minimum absolute atomic E-state index is 0.547. The lowest BCUT2D eigenvalue weighted by Gasteiger charge is -2.24. The number of pyridine rings is 1. The van der Waals surface area contributed by atoms with Crippen molar-refractivity contribution in [2.24, 2.45) is 5.41 Å². The van der Waals surface area contributed by atoms with Crippen molar-refractivity contribution in [2.75, 3.05) is 18.0 Å². The molecule has 1 aliphatic rings. The van der Waals surface area contributed by atoms with Crippen molar-refractivity contribution in [3.05, 3.63) is 35.9 Å². The fourth-order valence-corrected chi connectivity index (χ4v) is 3.20. The highest BCUT2D eigenvalue weighted by Gasteiger charge is 2.43. The minimum atomic E-state index is -0.689. The van der Waals surface area contributed by atoms with E-state index in [2.05, 4.69) is 17.0 Å². The highest BCUT2D eigenvalue weighted by Crippen LogP contribution is 2.37. The van der Waals surface area contributed by atoms with Gasteiger partial charge in [0, 0.05) is 18.5 Å². The first kappa shape index (κ1) is 13.9. The second-order valence-corrected chi connectivity index (χ2v) is 5.93. The number of rotatable bonds is 3. The van der Waals surface area contributed by atoms with E-state index in [4.69, 9.17) is 4.98 Å². The van der Waals surface area contributed by atoms with Crippen LogP contribution in [-0.2, 0) is 4.79 Å². The number of carboxylic acids is 1. The molecule has 0 saturated carbocycles. The van der Waals surface area contributed by atoms with E-state index in [9.17, 15) is 9.90 Å². The van der Waals surface area contributed by atoms with Crippen molar-refractivity contribution in [2.45, 2.75) is 26.7 Å². The Labute approximate surface area is 124 Å². The molecule has 110 valence electrons. The Bertz CT molecular complexity index is 698. The predicted octanol–water partition coefficient (Wildman–Crippen LogP) is 3.23. The Morgan fingerprint density at radius 3 is 2.86 bits per heavy atom. The smallest absolute Gasteiger partial charge is 0.311 e. The van der Waals surface area contributed by atoms with Gasteiger partial charge >= 0.3 is 5.97 Å². The van der Waals surface area contributed by atoms with Crippen LogP contribution in [0.3, 0.4) is 0 Å². The zero-order valence-electron chi connectivity index (χ0n) is 12.5. The monoisotopic (exact) mass is 284 g/mol. The molecular formula is C17H20N2O2. The number of aromatic nitrogens is 1. The van der Waals surface area contributed by atoms with Gasteiger partial charge in [0.1, 0.15) is 5.82 Å². The zero-order valence-corrected chi connectivity index (χ0v) is 12.5. The standard InChI is InChI=1S/C17H20N2O2/c1-3-17(16(20)21)8-9-19(11-17)15-12(2)10-13-6-4-5-7-14(13)18-15/h4-7,10H,3,8-9,11H2,1-2H3,(H,20,21). The summed E-state index contributed by atoms with van der Waals surface area (Å²) in [4.78, 5) is 18.5. The van der Waals surface area contributed by atoms with Crippen LogP contribution >= 0.6 is 0 Å². The highest BCUT2D eigenvalue weighted by molar-refractivity contribution is 5.82. The molecule has 1 N–H and O–H groups in total. The zero-order chi connectivity index (χ0) is 15.0. The summed E-state index contributed by atoms with van der Waals surface area (Å²) < 4.78 is 0. The van der Waals surface area contributed by atoms with Gasteiger partial charge in [-0.05, 0) is 37.5 Å². The summed E-state index contributed by atoms with van der Waals surface area (Å²) in [7, 11) is 0. The van der Waals surface area contributed by atoms with Gasteiger partial charge in [-0.25, -0.2) is 4.98 Å². The number of nitrogens with zero attached hydrogens (tertiary/aromatic N) is 2. The first-order valence-electron chi connectivity index (χ1n) is 7.40. The Balaban J connectivity index is 1.98. The number of hydrogen-bond donors (Lipinski definition) is 1. The summed E-state index contributed by atoms with van der Waals surface area (Å²) in [6, 6.07) is 10.2. The molecule has 4 nitrogen and oxygen atoms in total. The maximum Gasteiger partial charge on any atom is 0.311 e. The minimum Gasteiger partial charge on any atom is -0.481 e. The van der Waals surface area contributed by atoms with Gasteiger partial charge in [-0.3, -0.25) is 4.79 Å². The van der Waals surface area contributed by atoms with Crippen LogP contribution in [0.25, 0.3) is 10.9 Å². The highest BCUT2D eigenvalue weighted by atomic mass is 16.4. The third-order valence-electron chi connectivity index (χ3n) is 4.67. The number of carboxylic acid groups (broad SMARTS) is 1. The van der Waals surface area contributed by atoms with E-state index >= 15 is 0 Å². The number of fused-ring (bicyclic) bond motifs is 1. The lowest BCUT2D eigenvalue weighted by atomic mass is 9.84. The van der Waals surface area contributed by atoms with E-state index in [-0.39, 0.29) is 0 Å². The van der Waals surface area contributed by atoms with E-state index in [1.54, 1.807) is 0 Å². The van der Waals surface area contributed by atoms with Crippen LogP contribution in [0.4, 0.5) is 5.82 Å². The topological polar surface area (TPSA) is 53.4 Å². The van der Waals surface area contributed by atoms with Gasteiger partial charge in [-0.2, -0.15) is 0 Å². The molecule has 1 aromatic carbocycles. The van der Waals surface area contributed by atoms with Crippen LogP contribution in [0.2, 0.25) is 0 Å². The molecule has 1 aromatic heterocycles. The lowest BCUT2D eigenvalue weighted by molar-refractivity contribution is -0.147. The Hall–Kier alpha value is -2.10. The summed E-state index contributed by atoms with van der Waals surface area (Å²) in [5, 5.41) is 10.6. The average Bonchev–Trinajstić information content (AvgIpc) is 2.92. The summed E-state index contributed by atoms with van der Waals surface area (Å²) in [6.07, 6.45) is 1.35. The second kappa shape index (κ2) is 5.02. The van der Waals surface area contributed by atoms with Gasteiger partial charge in [0.25, 0.3) is 0 Å². The summed E-state index contributed by atoms with van der Waals surface area (Å²) in [6.45, 7) is 5.30. The molecule has 1 atom stereocenters. The fraction of sp³-hybridized carbons (Fsp3) is 0.412. The second-order valence-electron chi connectivity index (χ2n) is 5.93. The maximum absolute atomic E-state index is 11.6. The molecule has 1 saturated heterocycles. The van der Waals surface area contributed by atoms with Crippen LogP contribution < -0.4 is 4.90 Å². The Kier molecular flexibility index (Phi) is 3.32. The van der Waals surface area contributed by atoms with E-state index in [0.29, 0.717) is 19.4 Å². The molecule has 1 aliphatic heterocycles. The number of para-hydroxylation sites is 1. The van der Waals surface area contributed by atoms with E-state index < -0.39 is 11.4 Å². The molecule has 2 aromatic rings. The molecule has 0 bridgehead atoms. The van der Waals surface area contributed by atoms with Crippen LogP contribution in [-0.4, -0.2) is 29.1 Å². The molecule has 2 heterocycles. The van der Waals surface area contributed by atoms with E-state index in [1.807, 2.05) is 32.0 Å². The third kappa shape index (κ3) is 2.24. The molecule has 1 unspecified atom stereocenters. The van der Waals surface area contributed by atoms with Gasteiger partial charge in [0.05, 0.1) is 10.9 Å². The Morgan fingerprint density at radius 2 is 2.19 bits per heavy atom. The molecule has 3 rings (SSSR count). The Morgan fingerprint density at radius 1 is 1.43 bits per heavy atom. The number of hydrogen-bond acceptors (Lipinski definition) is 3. The summed E-state index contributed by atoms with van der Waals surface area (Å²) in [5.74, 6) is 0.233. The van der Waals surface area contributed by atoms with Gasteiger partial charge in [-0.1, -0.05) is 25.1 Å². The summed E-state index contributed by atoms with van der Waals surface area (Å²) >= 11 is 0. The number of benzene rings is 1. The van der Waals surface area contributed by atoms with Crippen molar-refractivity contribution in [1.82, 2.24) is 4.98 Å².